The first-order valence-electron chi connectivity index (χ1n) is 21.7. The Kier molecular flexibility index (Phi) is 18.9. The minimum absolute atomic E-state index is 0.0136. The maximum Gasteiger partial charge on any atom is 0.325 e. The highest BCUT2D eigenvalue weighted by atomic mass is 16.5. The van der Waals surface area contributed by atoms with Crippen molar-refractivity contribution in [1.82, 2.24) is 36.8 Å². The maximum atomic E-state index is 14.3. The number of phenolic OH excluding ortho intramolecular Hbond substituents is 1. The third-order valence-corrected chi connectivity index (χ3v) is 10.8. The normalized spacial score (nSPS) is 22.9. The number of nitrogens with one attached hydrogen (secondary N) is 6. The van der Waals surface area contributed by atoms with E-state index in [4.69, 9.17) is 4.74 Å². The average Bonchev–Trinajstić information content (AvgIpc) is 3.73. The number of carbonyl (C=O) groups is 8. The highest BCUT2D eigenvalue weighted by Gasteiger charge is 2.41. The van der Waals surface area contributed by atoms with Crippen molar-refractivity contribution in [3.8, 4) is 5.75 Å². The topological polar surface area (TPSA) is 262 Å². The highest BCUT2D eigenvalue weighted by Crippen LogP contribution is 2.21. The summed E-state index contributed by atoms with van der Waals surface area (Å²) in [5, 5.41) is 36.0. The van der Waals surface area contributed by atoms with Crippen LogP contribution >= 0.6 is 0 Å². The molecule has 0 saturated carbocycles. The van der Waals surface area contributed by atoms with Crippen molar-refractivity contribution in [2.75, 3.05) is 19.7 Å². The standard InChI is InChI=1S/C45H63N7O11/c1-26(2)11-9-15-37(55)47-32(23-30-16-18-31(54)19-17-30)40(57)50-35-25-63-38(56)24-46-44(61)39(28(5)53)51-43(60)36-14-10-20-52(36)45(62)34(21-27(3)4)49-41(58)33(48-42(35)59)22-29-12-7-6-8-13-29/h6-8,12-13,16-19,26-28,32-36,39,53-54H,9-11,14-15,20-25H2,1-5H3,(H,46,61)(H,47,55)(H,48,59)(H,49,58)(H,50,57)(H,51,60). The minimum atomic E-state index is -1.66. The van der Waals surface area contributed by atoms with Crippen LogP contribution in [-0.2, 0) is 55.9 Å². The van der Waals surface area contributed by atoms with Gasteiger partial charge in [-0.3, -0.25) is 38.4 Å². The van der Waals surface area contributed by atoms with Crippen LogP contribution in [0.25, 0.3) is 0 Å². The second-order valence-corrected chi connectivity index (χ2v) is 17.1. The molecule has 2 heterocycles. The number of rotatable bonds is 14. The first-order valence-corrected chi connectivity index (χ1v) is 21.7. The van der Waals surface area contributed by atoms with E-state index in [1.165, 1.54) is 24.0 Å². The molecule has 18 heteroatoms. The lowest BCUT2D eigenvalue weighted by Crippen LogP contribution is -2.61. The number of aliphatic hydroxyl groups is 1. The molecule has 7 atom stereocenters. The highest BCUT2D eigenvalue weighted by molar-refractivity contribution is 5.98. The molecular weight excluding hydrogens is 815 g/mol. The van der Waals surface area contributed by atoms with Gasteiger partial charge in [0.2, 0.25) is 41.4 Å². The number of amides is 7. The summed E-state index contributed by atoms with van der Waals surface area (Å²) >= 11 is 0. The van der Waals surface area contributed by atoms with Crippen molar-refractivity contribution in [3.63, 3.8) is 0 Å². The van der Waals surface area contributed by atoms with Crippen molar-refractivity contribution in [3.05, 3.63) is 65.7 Å². The molecule has 8 N–H and O–H groups in total. The molecule has 2 aromatic carbocycles. The molecule has 0 spiro atoms. The van der Waals surface area contributed by atoms with Crippen LogP contribution in [0.1, 0.15) is 84.3 Å². The predicted molar refractivity (Wildman–Crippen MR) is 230 cm³/mol. The largest absolute Gasteiger partial charge is 0.508 e. The third kappa shape index (κ3) is 15.7. The number of cyclic esters (lactones) is 1. The van der Waals surface area contributed by atoms with Gasteiger partial charge in [0.15, 0.2) is 0 Å². The smallest absolute Gasteiger partial charge is 0.325 e. The fraction of sp³-hybridized carbons (Fsp3) is 0.556. The molecule has 2 saturated heterocycles. The van der Waals surface area contributed by atoms with Gasteiger partial charge >= 0.3 is 5.97 Å². The summed E-state index contributed by atoms with van der Waals surface area (Å²) < 4.78 is 5.39. The number of benzene rings is 2. The van der Waals surface area contributed by atoms with Gasteiger partial charge in [-0.25, -0.2) is 0 Å². The van der Waals surface area contributed by atoms with Crippen LogP contribution < -0.4 is 31.9 Å². The van der Waals surface area contributed by atoms with Crippen molar-refractivity contribution in [1.29, 1.82) is 0 Å². The zero-order valence-corrected chi connectivity index (χ0v) is 36.7. The molecule has 2 aromatic rings. The molecule has 0 aromatic heterocycles. The lowest BCUT2D eigenvalue weighted by Gasteiger charge is -2.31. The van der Waals surface area contributed by atoms with E-state index in [0.29, 0.717) is 29.9 Å². The van der Waals surface area contributed by atoms with E-state index in [1.54, 1.807) is 42.5 Å². The summed E-state index contributed by atoms with van der Waals surface area (Å²) in [7, 11) is 0. The third-order valence-electron chi connectivity index (χ3n) is 10.8. The molecule has 7 amide bonds. The van der Waals surface area contributed by atoms with Crippen LogP contribution in [0.4, 0.5) is 0 Å². The number of esters is 1. The van der Waals surface area contributed by atoms with Crippen molar-refractivity contribution in [2.45, 2.75) is 128 Å². The molecule has 0 aliphatic carbocycles. The van der Waals surface area contributed by atoms with E-state index in [0.717, 1.165) is 6.42 Å². The summed E-state index contributed by atoms with van der Waals surface area (Å²) in [4.78, 5) is 111. The predicted octanol–water partition coefficient (Wildman–Crippen LogP) is 0.519. The van der Waals surface area contributed by atoms with Crippen molar-refractivity contribution in [2.24, 2.45) is 11.8 Å². The first-order chi connectivity index (χ1) is 29.9. The van der Waals surface area contributed by atoms with E-state index >= 15 is 0 Å². The van der Waals surface area contributed by atoms with Crippen LogP contribution in [0.2, 0.25) is 0 Å². The van der Waals surface area contributed by atoms with Crippen LogP contribution in [0.15, 0.2) is 54.6 Å². The molecule has 2 aliphatic rings. The number of nitrogens with zero attached hydrogens (tertiary/aromatic N) is 1. The maximum absolute atomic E-state index is 14.3. The molecular formula is C45H63N7O11. The Balaban J connectivity index is 1.71. The number of ether oxygens (including phenoxy) is 1. The number of aromatic hydroxyl groups is 1. The van der Waals surface area contributed by atoms with Crippen molar-refractivity contribution < 1.29 is 53.3 Å². The number of hydrogen-bond acceptors (Lipinski definition) is 11. The number of carbonyl (C=O) groups excluding carboxylic acids is 8. The summed E-state index contributed by atoms with van der Waals surface area (Å²) in [5.41, 5.74) is 1.21. The molecule has 2 aliphatic heterocycles. The summed E-state index contributed by atoms with van der Waals surface area (Å²) in [5.74, 6) is -5.95. The van der Waals surface area contributed by atoms with Gasteiger partial charge in [-0.15, -0.1) is 0 Å². The number of phenols is 1. The van der Waals surface area contributed by atoms with E-state index < -0.39 is 103 Å². The van der Waals surface area contributed by atoms with Crippen LogP contribution in [0.5, 0.6) is 5.75 Å². The fourth-order valence-corrected chi connectivity index (χ4v) is 7.42. The van der Waals surface area contributed by atoms with Crippen LogP contribution in [0, 0.1) is 11.8 Å². The van der Waals surface area contributed by atoms with E-state index in [2.05, 4.69) is 31.9 Å². The average molecular weight is 878 g/mol. The van der Waals surface area contributed by atoms with Crippen molar-refractivity contribution >= 4 is 47.3 Å². The molecule has 18 nitrogen and oxygen atoms in total. The minimum Gasteiger partial charge on any atom is -0.508 e. The van der Waals surface area contributed by atoms with E-state index in [9.17, 15) is 48.6 Å². The summed E-state index contributed by atoms with van der Waals surface area (Å²) in [6.07, 6.45) is 0.787. The summed E-state index contributed by atoms with van der Waals surface area (Å²) in [6.45, 7) is 7.65. The Morgan fingerprint density at radius 3 is 2.16 bits per heavy atom. The second-order valence-electron chi connectivity index (χ2n) is 17.1. The van der Waals surface area contributed by atoms with Gasteiger partial charge in [0.25, 0.3) is 0 Å². The van der Waals surface area contributed by atoms with Gasteiger partial charge in [-0.05, 0) is 67.7 Å². The number of aliphatic hydroxyl groups excluding tert-OH is 1. The number of hydrogen-bond donors (Lipinski definition) is 8. The van der Waals surface area contributed by atoms with Gasteiger partial charge in [-0.2, -0.15) is 0 Å². The van der Waals surface area contributed by atoms with Gasteiger partial charge in [0.1, 0.15) is 55.2 Å². The Bertz CT molecular complexity index is 1910. The molecule has 7 unspecified atom stereocenters. The van der Waals surface area contributed by atoms with Gasteiger partial charge in [0.05, 0.1) is 6.10 Å². The molecule has 63 heavy (non-hydrogen) atoms. The monoisotopic (exact) mass is 877 g/mol. The Morgan fingerprint density at radius 2 is 1.51 bits per heavy atom. The molecule has 4 rings (SSSR count). The van der Waals surface area contributed by atoms with Crippen LogP contribution in [-0.4, -0.2) is 124 Å². The lowest BCUT2D eigenvalue weighted by atomic mass is 10.00. The SMILES string of the molecule is CC(C)CCCC(=O)NC(Cc1ccc(O)cc1)C(=O)NC1COC(=O)CNC(=O)C(C(C)O)NC(=O)C2CCCN2C(=O)C(CC(C)C)NC(=O)C(Cc2ccccc2)NC1=O. The first kappa shape index (κ1) is 49.6. The molecule has 2 fully saturated rings. The zero-order chi connectivity index (χ0) is 46.2. The molecule has 344 valence electrons. The second kappa shape index (κ2) is 24.0. The Morgan fingerprint density at radius 1 is 0.825 bits per heavy atom. The Labute approximate surface area is 368 Å². The zero-order valence-electron chi connectivity index (χ0n) is 36.7. The molecule has 0 bridgehead atoms. The fourth-order valence-electron chi connectivity index (χ4n) is 7.42. The van der Waals surface area contributed by atoms with Gasteiger partial charge in [-0.1, -0.05) is 76.6 Å². The number of fused-ring (bicyclic) bond motifs is 1. The van der Waals surface area contributed by atoms with Gasteiger partial charge in [0, 0.05) is 25.8 Å². The van der Waals surface area contributed by atoms with Gasteiger partial charge < -0.3 is 51.8 Å². The molecule has 0 radical (unpaired) electrons. The quantitative estimate of drug-likeness (QED) is 0.121. The van der Waals surface area contributed by atoms with E-state index in [1.807, 2.05) is 27.7 Å². The lowest BCUT2D eigenvalue weighted by molar-refractivity contribution is -0.147. The summed E-state index contributed by atoms with van der Waals surface area (Å²) in [6, 6.07) is 6.81. The van der Waals surface area contributed by atoms with E-state index in [-0.39, 0.29) is 50.3 Å². The van der Waals surface area contributed by atoms with Crippen LogP contribution in [0.3, 0.4) is 0 Å². The Hall–Kier alpha value is -6.04.